The Labute approximate surface area is 120 Å². The maximum absolute atomic E-state index is 12.6. The van der Waals surface area contributed by atoms with Crippen molar-refractivity contribution in [3.63, 3.8) is 0 Å². The predicted octanol–water partition coefficient (Wildman–Crippen LogP) is 1.57. The maximum Gasteiger partial charge on any atom is 0.371 e. The molecule has 1 aromatic carbocycles. The summed E-state index contributed by atoms with van der Waals surface area (Å²) in [5.74, 6) is -1.29. The van der Waals surface area contributed by atoms with Crippen molar-refractivity contribution in [2.24, 2.45) is 0 Å². The minimum Gasteiger partial charge on any atom is -0.489 e. The molecular weight excluding hydrogens is 298 g/mol. The molecule has 0 bridgehead atoms. The van der Waals surface area contributed by atoms with Crippen molar-refractivity contribution in [2.45, 2.75) is 5.09 Å². The van der Waals surface area contributed by atoms with Crippen molar-refractivity contribution in [3.8, 4) is 5.75 Å². The zero-order valence-electron chi connectivity index (χ0n) is 10.7. The molecule has 2 heterocycles. The molecule has 0 radical (unpaired) electrons. The van der Waals surface area contributed by atoms with Gasteiger partial charge in [0.25, 0.3) is 10.0 Å². The number of hydrogen-bond donors (Lipinski definition) is 1. The Bertz CT molecular complexity index is 794. The van der Waals surface area contributed by atoms with Crippen LogP contribution >= 0.6 is 0 Å². The Morgan fingerprint density at radius 2 is 1.95 bits per heavy atom. The third-order valence-electron chi connectivity index (χ3n) is 3.02. The van der Waals surface area contributed by atoms with Crippen LogP contribution in [-0.4, -0.2) is 32.6 Å². The molecule has 0 fully saturated rings. The van der Waals surface area contributed by atoms with Crippen molar-refractivity contribution < 1.29 is 27.5 Å². The van der Waals surface area contributed by atoms with E-state index in [1.54, 1.807) is 24.3 Å². The Hall–Kier alpha value is -2.48. The molecule has 2 aromatic rings. The molecule has 0 saturated carbocycles. The van der Waals surface area contributed by atoms with Gasteiger partial charge >= 0.3 is 5.97 Å². The molecule has 7 nitrogen and oxygen atoms in total. The summed E-state index contributed by atoms with van der Waals surface area (Å²) in [5.41, 5.74) is 0.400. The second kappa shape index (κ2) is 4.81. The molecular formula is C13H11NO6S. The second-order valence-corrected chi connectivity index (χ2v) is 6.11. The van der Waals surface area contributed by atoms with Gasteiger partial charge in [-0.1, -0.05) is 12.1 Å². The van der Waals surface area contributed by atoms with E-state index in [0.29, 0.717) is 11.4 Å². The molecule has 0 unspecified atom stereocenters. The molecule has 110 valence electrons. The van der Waals surface area contributed by atoms with Gasteiger partial charge in [0.1, 0.15) is 12.4 Å². The summed E-state index contributed by atoms with van der Waals surface area (Å²) < 4.78 is 36.6. The highest BCUT2D eigenvalue weighted by molar-refractivity contribution is 7.92. The van der Waals surface area contributed by atoms with Crippen LogP contribution in [0.25, 0.3) is 0 Å². The summed E-state index contributed by atoms with van der Waals surface area (Å²) in [5, 5.41) is 8.40. The van der Waals surface area contributed by atoms with Crippen LogP contribution in [0.3, 0.4) is 0 Å². The molecule has 1 aliphatic rings. The number of rotatable bonds is 3. The molecule has 21 heavy (non-hydrogen) atoms. The molecule has 1 N–H and O–H groups in total. The van der Waals surface area contributed by atoms with Crippen molar-refractivity contribution in [1.82, 2.24) is 0 Å². The molecule has 3 rings (SSSR count). The first-order valence-corrected chi connectivity index (χ1v) is 7.52. The fraction of sp³-hybridized carbons (Fsp3) is 0.154. The zero-order valence-corrected chi connectivity index (χ0v) is 11.5. The molecule has 1 aromatic heterocycles. The topological polar surface area (TPSA) is 97.0 Å². The van der Waals surface area contributed by atoms with Crippen LogP contribution < -0.4 is 9.04 Å². The lowest BCUT2D eigenvalue weighted by atomic mass is 10.2. The van der Waals surface area contributed by atoms with Gasteiger partial charge in [0.05, 0.1) is 12.2 Å². The fourth-order valence-electron chi connectivity index (χ4n) is 2.08. The second-order valence-electron chi connectivity index (χ2n) is 4.32. The number of aromatic carboxylic acids is 1. The van der Waals surface area contributed by atoms with Gasteiger partial charge in [-0.25, -0.2) is 4.79 Å². The Balaban J connectivity index is 2.05. The van der Waals surface area contributed by atoms with Crippen LogP contribution in [0, 0.1) is 0 Å². The highest BCUT2D eigenvalue weighted by Crippen LogP contribution is 2.35. The SMILES string of the molecule is O=C(O)c1ccc(S(=O)(=O)N2CCOc3ccccc32)o1. The van der Waals surface area contributed by atoms with E-state index in [1.807, 2.05) is 0 Å². The molecule has 0 amide bonds. The highest BCUT2D eigenvalue weighted by atomic mass is 32.2. The van der Waals surface area contributed by atoms with Gasteiger partial charge in [-0.2, -0.15) is 8.42 Å². The van der Waals surface area contributed by atoms with Gasteiger partial charge in [-0.05, 0) is 24.3 Å². The number of carboxylic acids is 1. The minimum atomic E-state index is -3.96. The molecule has 0 saturated heterocycles. The number of carboxylic acid groups (broad SMARTS) is 1. The first-order valence-electron chi connectivity index (χ1n) is 6.08. The van der Waals surface area contributed by atoms with Gasteiger partial charge in [0.15, 0.2) is 0 Å². The van der Waals surface area contributed by atoms with Crippen molar-refractivity contribution in [1.29, 1.82) is 0 Å². The van der Waals surface area contributed by atoms with E-state index in [4.69, 9.17) is 14.3 Å². The summed E-state index contributed by atoms with van der Waals surface area (Å²) >= 11 is 0. The lowest BCUT2D eigenvalue weighted by molar-refractivity contribution is 0.0656. The van der Waals surface area contributed by atoms with Crippen LogP contribution in [-0.2, 0) is 10.0 Å². The van der Waals surface area contributed by atoms with Crippen molar-refractivity contribution >= 4 is 21.7 Å². The summed E-state index contributed by atoms with van der Waals surface area (Å²) in [6.45, 7) is 0.338. The van der Waals surface area contributed by atoms with Gasteiger partial charge in [0.2, 0.25) is 10.9 Å². The monoisotopic (exact) mass is 309 g/mol. The Morgan fingerprint density at radius 3 is 2.67 bits per heavy atom. The average Bonchev–Trinajstić information content (AvgIpc) is 2.97. The first-order chi connectivity index (χ1) is 10.00. The third kappa shape index (κ3) is 2.23. The van der Waals surface area contributed by atoms with E-state index in [2.05, 4.69) is 0 Å². The van der Waals surface area contributed by atoms with E-state index in [1.165, 1.54) is 0 Å². The van der Waals surface area contributed by atoms with Crippen LogP contribution in [0.1, 0.15) is 10.6 Å². The summed E-state index contributed by atoms with van der Waals surface area (Å²) in [7, 11) is -3.96. The number of para-hydroxylation sites is 2. The van der Waals surface area contributed by atoms with E-state index in [9.17, 15) is 13.2 Å². The Kier molecular flexibility index (Phi) is 3.09. The lowest BCUT2D eigenvalue weighted by Crippen LogP contribution is -2.37. The summed E-state index contributed by atoms with van der Waals surface area (Å²) in [6.07, 6.45) is 0. The van der Waals surface area contributed by atoms with E-state index in [0.717, 1.165) is 16.4 Å². The summed E-state index contributed by atoms with van der Waals surface area (Å²) in [6, 6.07) is 8.97. The van der Waals surface area contributed by atoms with Crippen LogP contribution in [0.4, 0.5) is 5.69 Å². The number of carbonyl (C=O) groups is 1. The van der Waals surface area contributed by atoms with E-state index >= 15 is 0 Å². The summed E-state index contributed by atoms with van der Waals surface area (Å²) in [4.78, 5) is 10.8. The van der Waals surface area contributed by atoms with Crippen molar-refractivity contribution in [2.75, 3.05) is 17.5 Å². The highest BCUT2D eigenvalue weighted by Gasteiger charge is 2.32. The van der Waals surface area contributed by atoms with Gasteiger partial charge in [0, 0.05) is 0 Å². The number of anilines is 1. The third-order valence-corrected chi connectivity index (χ3v) is 4.71. The number of sulfonamides is 1. The standard InChI is InChI=1S/C13H11NO6S/c15-13(16)11-5-6-12(20-11)21(17,18)14-7-8-19-10-4-2-1-3-9(10)14/h1-6H,7-8H2,(H,15,16). The van der Waals surface area contributed by atoms with E-state index in [-0.39, 0.29) is 13.2 Å². The molecule has 8 heteroatoms. The number of hydrogen-bond acceptors (Lipinski definition) is 5. The lowest BCUT2D eigenvalue weighted by Gasteiger charge is -2.29. The van der Waals surface area contributed by atoms with Gasteiger partial charge in [-0.3, -0.25) is 4.31 Å². The largest absolute Gasteiger partial charge is 0.489 e. The number of furan rings is 1. The number of ether oxygens (including phenoxy) is 1. The molecule has 0 aliphatic carbocycles. The minimum absolute atomic E-state index is 0.127. The zero-order chi connectivity index (χ0) is 15.0. The van der Waals surface area contributed by atoms with Crippen molar-refractivity contribution in [3.05, 3.63) is 42.2 Å². The molecule has 0 atom stereocenters. The number of benzene rings is 1. The molecule has 1 aliphatic heterocycles. The Morgan fingerprint density at radius 1 is 1.19 bits per heavy atom. The predicted molar refractivity (Wildman–Crippen MR) is 72.1 cm³/mol. The maximum atomic E-state index is 12.6. The fourth-order valence-corrected chi connectivity index (χ4v) is 3.45. The van der Waals surface area contributed by atoms with Gasteiger partial charge in [-0.15, -0.1) is 0 Å². The number of fused-ring (bicyclic) bond motifs is 1. The molecule has 0 spiro atoms. The smallest absolute Gasteiger partial charge is 0.371 e. The number of nitrogens with zero attached hydrogens (tertiary/aromatic N) is 1. The van der Waals surface area contributed by atoms with Crippen LogP contribution in [0.5, 0.6) is 5.75 Å². The average molecular weight is 309 g/mol. The van der Waals surface area contributed by atoms with E-state index < -0.39 is 26.8 Å². The van der Waals surface area contributed by atoms with Crippen LogP contribution in [0.15, 0.2) is 45.9 Å². The van der Waals surface area contributed by atoms with Crippen LogP contribution in [0.2, 0.25) is 0 Å². The van der Waals surface area contributed by atoms with Gasteiger partial charge < -0.3 is 14.3 Å². The quantitative estimate of drug-likeness (QED) is 0.924. The normalized spacial score (nSPS) is 14.4. The first kappa shape index (κ1) is 13.5.